The van der Waals surface area contributed by atoms with Gasteiger partial charge in [-0.15, -0.1) is 0 Å². The topological polar surface area (TPSA) is 84.2 Å². The number of nitrogens with one attached hydrogen (secondary N) is 1. The maximum absolute atomic E-state index is 12.9. The molecule has 1 heterocycles. The Balaban J connectivity index is 2.15. The molecule has 2 rings (SSSR count). The highest BCUT2D eigenvalue weighted by Crippen LogP contribution is 2.10. The van der Waals surface area contributed by atoms with Crippen molar-refractivity contribution in [3.8, 4) is 5.69 Å². The van der Waals surface area contributed by atoms with E-state index < -0.39 is 17.9 Å². The quantitative estimate of drug-likeness (QED) is 0.883. The van der Waals surface area contributed by atoms with Crippen LogP contribution in [0.15, 0.2) is 36.5 Å². The minimum absolute atomic E-state index is 0.0937. The molecule has 0 saturated carbocycles. The second-order valence-electron chi connectivity index (χ2n) is 5.16. The third kappa shape index (κ3) is 3.49. The van der Waals surface area contributed by atoms with E-state index in [2.05, 4.69) is 10.4 Å². The van der Waals surface area contributed by atoms with E-state index in [0.29, 0.717) is 5.69 Å². The lowest BCUT2D eigenvalue weighted by Crippen LogP contribution is -2.44. The van der Waals surface area contributed by atoms with Crippen molar-refractivity contribution in [2.24, 2.45) is 5.92 Å². The van der Waals surface area contributed by atoms with Gasteiger partial charge in [-0.25, -0.2) is 13.9 Å². The molecule has 2 N–H and O–H groups in total. The Morgan fingerprint density at radius 3 is 2.41 bits per heavy atom. The first kappa shape index (κ1) is 15.7. The van der Waals surface area contributed by atoms with E-state index in [4.69, 9.17) is 5.11 Å². The summed E-state index contributed by atoms with van der Waals surface area (Å²) in [7, 11) is 0. The molecule has 7 heteroatoms. The van der Waals surface area contributed by atoms with Crippen LogP contribution in [0.25, 0.3) is 5.69 Å². The van der Waals surface area contributed by atoms with Gasteiger partial charge in [0.1, 0.15) is 11.9 Å². The van der Waals surface area contributed by atoms with Crippen molar-refractivity contribution in [3.63, 3.8) is 0 Å². The minimum atomic E-state index is -1.10. The molecule has 0 spiro atoms. The summed E-state index contributed by atoms with van der Waals surface area (Å²) in [5.41, 5.74) is 0.690. The van der Waals surface area contributed by atoms with Gasteiger partial charge in [0.15, 0.2) is 5.69 Å². The minimum Gasteiger partial charge on any atom is -0.480 e. The fourth-order valence-electron chi connectivity index (χ4n) is 1.91. The zero-order chi connectivity index (χ0) is 16.3. The molecular weight excluding hydrogens is 289 g/mol. The maximum atomic E-state index is 12.9. The van der Waals surface area contributed by atoms with Crippen molar-refractivity contribution in [3.05, 3.63) is 48.0 Å². The van der Waals surface area contributed by atoms with E-state index in [0.717, 1.165) is 0 Å². The van der Waals surface area contributed by atoms with Gasteiger partial charge in [-0.2, -0.15) is 5.10 Å². The lowest BCUT2D eigenvalue weighted by Gasteiger charge is -2.16. The van der Waals surface area contributed by atoms with Crippen LogP contribution in [0.2, 0.25) is 0 Å². The van der Waals surface area contributed by atoms with E-state index in [1.54, 1.807) is 20.0 Å². The van der Waals surface area contributed by atoms with Gasteiger partial charge >= 0.3 is 5.97 Å². The highest BCUT2D eigenvalue weighted by Gasteiger charge is 2.24. The number of halogens is 1. The van der Waals surface area contributed by atoms with Crippen LogP contribution in [0.1, 0.15) is 24.3 Å². The molecule has 1 amide bonds. The van der Waals surface area contributed by atoms with Crippen LogP contribution in [0.4, 0.5) is 4.39 Å². The molecule has 0 fully saturated rings. The Bertz CT molecular complexity index is 680. The number of benzene rings is 1. The lowest BCUT2D eigenvalue weighted by atomic mass is 10.0. The van der Waals surface area contributed by atoms with Gasteiger partial charge in [0.25, 0.3) is 5.91 Å². The Labute approximate surface area is 126 Å². The van der Waals surface area contributed by atoms with Crippen LogP contribution in [0, 0.1) is 11.7 Å². The fraction of sp³-hybridized carbons (Fsp3) is 0.267. The molecule has 2 aromatic rings. The van der Waals surface area contributed by atoms with Crippen LogP contribution >= 0.6 is 0 Å². The van der Waals surface area contributed by atoms with Crippen molar-refractivity contribution in [2.45, 2.75) is 19.9 Å². The highest BCUT2D eigenvalue weighted by molar-refractivity contribution is 5.95. The number of hydrogen-bond donors (Lipinski definition) is 2. The number of hydrogen-bond acceptors (Lipinski definition) is 3. The summed E-state index contributed by atoms with van der Waals surface area (Å²) < 4.78 is 14.3. The molecular formula is C15H16FN3O3. The molecule has 1 aromatic heterocycles. The van der Waals surface area contributed by atoms with Gasteiger partial charge in [0, 0.05) is 6.20 Å². The monoisotopic (exact) mass is 305 g/mol. The number of carbonyl (C=O) groups excluding carboxylic acids is 1. The molecule has 0 saturated heterocycles. The van der Waals surface area contributed by atoms with E-state index in [1.165, 1.54) is 35.0 Å². The fourth-order valence-corrected chi connectivity index (χ4v) is 1.91. The first-order valence-electron chi connectivity index (χ1n) is 6.74. The van der Waals surface area contributed by atoms with Gasteiger partial charge < -0.3 is 10.4 Å². The number of carboxylic acids is 1. The average Bonchev–Trinajstić information content (AvgIpc) is 2.94. The summed E-state index contributed by atoms with van der Waals surface area (Å²) in [6.45, 7) is 3.41. The van der Waals surface area contributed by atoms with Crippen molar-refractivity contribution >= 4 is 11.9 Å². The molecule has 0 bridgehead atoms. The van der Waals surface area contributed by atoms with Crippen LogP contribution in [0.3, 0.4) is 0 Å². The first-order valence-corrected chi connectivity index (χ1v) is 6.74. The smallest absolute Gasteiger partial charge is 0.326 e. The average molecular weight is 305 g/mol. The summed E-state index contributed by atoms with van der Waals surface area (Å²) in [5.74, 6) is -2.28. The molecule has 0 unspecified atom stereocenters. The number of amides is 1. The van der Waals surface area contributed by atoms with E-state index in [1.807, 2.05) is 0 Å². The van der Waals surface area contributed by atoms with Crippen LogP contribution < -0.4 is 5.32 Å². The summed E-state index contributed by atoms with van der Waals surface area (Å²) in [6.07, 6.45) is 1.55. The Hall–Kier alpha value is -2.70. The van der Waals surface area contributed by atoms with Crippen molar-refractivity contribution in [1.29, 1.82) is 0 Å². The predicted molar refractivity (Wildman–Crippen MR) is 77.3 cm³/mol. The van der Waals surface area contributed by atoms with Gasteiger partial charge in [0.2, 0.25) is 0 Å². The Morgan fingerprint density at radius 1 is 1.23 bits per heavy atom. The molecule has 6 nitrogen and oxygen atoms in total. The normalized spacial score (nSPS) is 12.2. The Kier molecular flexibility index (Phi) is 4.55. The van der Waals surface area contributed by atoms with Crippen molar-refractivity contribution < 1.29 is 19.1 Å². The third-order valence-corrected chi connectivity index (χ3v) is 3.13. The zero-order valence-electron chi connectivity index (χ0n) is 12.2. The summed E-state index contributed by atoms with van der Waals surface area (Å²) in [5, 5.41) is 15.6. The van der Waals surface area contributed by atoms with E-state index in [-0.39, 0.29) is 17.4 Å². The number of carbonyl (C=O) groups is 2. The zero-order valence-corrected chi connectivity index (χ0v) is 12.2. The molecule has 0 aliphatic heterocycles. The van der Waals surface area contributed by atoms with Crippen molar-refractivity contribution in [1.82, 2.24) is 15.1 Å². The molecule has 0 radical (unpaired) electrons. The molecule has 1 aromatic carbocycles. The summed E-state index contributed by atoms with van der Waals surface area (Å²) in [6, 6.07) is 6.11. The van der Waals surface area contributed by atoms with Gasteiger partial charge in [-0.1, -0.05) is 13.8 Å². The molecule has 0 aliphatic carbocycles. The number of nitrogens with zero attached hydrogens (tertiary/aromatic N) is 2. The third-order valence-electron chi connectivity index (χ3n) is 3.13. The van der Waals surface area contributed by atoms with E-state index >= 15 is 0 Å². The Morgan fingerprint density at radius 2 is 1.86 bits per heavy atom. The van der Waals surface area contributed by atoms with Gasteiger partial charge in [0.05, 0.1) is 5.69 Å². The van der Waals surface area contributed by atoms with Crippen LogP contribution in [0.5, 0.6) is 0 Å². The lowest BCUT2D eigenvalue weighted by molar-refractivity contribution is -0.140. The number of rotatable bonds is 5. The standard InChI is InChI=1S/C15H16FN3O3/c1-9(2)13(15(21)22)17-14(20)12-7-8-19(18-12)11-5-3-10(16)4-6-11/h3-9,13H,1-2H3,(H,17,20)(H,21,22)/t13-/m1/s1. The second kappa shape index (κ2) is 6.38. The molecule has 1 atom stereocenters. The first-order chi connectivity index (χ1) is 10.4. The van der Waals surface area contributed by atoms with Crippen LogP contribution in [-0.2, 0) is 4.79 Å². The second-order valence-corrected chi connectivity index (χ2v) is 5.16. The highest BCUT2D eigenvalue weighted by atomic mass is 19.1. The number of aromatic nitrogens is 2. The van der Waals surface area contributed by atoms with Crippen molar-refractivity contribution in [2.75, 3.05) is 0 Å². The molecule has 22 heavy (non-hydrogen) atoms. The summed E-state index contributed by atoms with van der Waals surface area (Å²) >= 11 is 0. The number of aliphatic carboxylic acids is 1. The van der Waals surface area contributed by atoms with Gasteiger partial charge in [-0.05, 0) is 36.2 Å². The van der Waals surface area contributed by atoms with Crippen LogP contribution in [-0.4, -0.2) is 32.8 Å². The molecule has 0 aliphatic rings. The predicted octanol–water partition coefficient (Wildman–Crippen LogP) is 1.85. The largest absolute Gasteiger partial charge is 0.480 e. The molecule has 116 valence electrons. The summed E-state index contributed by atoms with van der Waals surface area (Å²) in [4.78, 5) is 23.1. The van der Waals surface area contributed by atoms with Gasteiger partial charge in [-0.3, -0.25) is 4.79 Å². The number of carboxylic acid groups (broad SMARTS) is 1. The maximum Gasteiger partial charge on any atom is 0.326 e. The van der Waals surface area contributed by atoms with E-state index in [9.17, 15) is 14.0 Å². The SMILES string of the molecule is CC(C)[C@@H](NC(=O)c1ccn(-c2ccc(F)cc2)n1)C(=O)O.